The molecule has 0 radical (unpaired) electrons. The molecule has 40 heavy (non-hydrogen) atoms. The van der Waals surface area contributed by atoms with Crippen molar-refractivity contribution in [3.63, 3.8) is 0 Å². The summed E-state index contributed by atoms with van der Waals surface area (Å²) in [7, 11) is 0. The molecule has 2 aromatic carbocycles. The van der Waals surface area contributed by atoms with E-state index in [0.29, 0.717) is 22.8 Å². The number of allylic oxidation sites excluding steroid dienone is 2. The van der Waals surface area contributed by atoms with Crippen LogP contribution >= 0.6 is 11.3 Å². The lowest BCUT2D eigenvalue weighted by molar-refractivity contribution is 1.06. The number of aromatic nitrogens is 6. The van der Waals surface area contributed by atoms with Gasteiger partial charge >= 0.3 is 0 Å². The van der Waals surface area contributed by atoms with Crippen LogP contribution in [0.4, 0.5) is 0 Å². The predicted octanol–water partition coefficient (Wildman–Crippen LogP) is 5.61. The molecule has 9 nitrogen and oxygen atoms in total. The van der Waals surface area contributed by atoms with Gasteiger partial charge in [0.1, 0.15) is 43.0 Å². The molecule has 0 saturated carbocycles. The summed E-state index contributed by atoms with van der Waals surface area (Å²) in [6.07, 6.45) is 5.77. The van der Waals surface area contributed by atoms with E-state index in [1.54, 1.807) is 6.92 Å². The van der Waals surface area contributed by atoms with Crippen LogP contribution in [0, 0.1) is 34.0 Å². The van der Waals surface area contributed by atoms with Gasteiger partial charge in [0.05, 0.1) is 6.07 Å². The summed E-state index contributed by atoms with van der Waals surface area (Å²) in [5.74, 6) is 1.04. The van der Waals surface area contributed by atoms with Crippen LogP contribution in [-0.2, 0) is 0 Å². The van der Waals surface area contributed by atoms with Crippen molar-refractivity contribution in [1.29, 1.82) is 15.8 Å². The Labute approximate surface area is 231 Å². The predicted molar refractivity (Wildman–Crippen MR) is 147 cm³/mol. The summed E-state index contributed by atoms with van der Waals surface area (Å²) in [6, 6.07) is 18.3. The van der Waals surface area contributed by atoms with Crippen molar-refractivity contribution in [1.82, 2.24) is 29.9 Å². The molecule has 7 rings (SSSR count). The SMILES string of the molecule is C/C(C#N)=C1/c2cc(-c3ncncn3)ccc2-c2c1sc1c2-c2ccc(-c3ncncn3)cc2C1=C(C#N)C#N. The van der Waals surface area contributed by atoms with E-state index in [0.717, 1.165) is 59.8 Å². The molecule has 0 aliphatic heterocycles. The topological polar surface area (TPSA) is 149 Å². The second kappa shape index (κ2) is 8.85. The lowest BCUT2D eigenvalue weighted by Gasteiger charge is -2.08. The fourth-order valence-electron chi connectivity index (χ4n) is 5.35. The third-order valence-electron chi connectivity index (χ3n) is 7.00. The molecule has 3 heterocycles. The summed E-state index contributed by atoms with van der Waals surface area (Å²) in [5, 5.41) is 29.8. The number of nitrogens with zero attached hydrogens (tertiary/aromatic N) is 9. The van der Waals surface area contributed by atoms with E-state index < -0.39 is 0 Å². The highest BCUT2D eigenvalue weighted by Gasteiger charge is 2.39. The van der Waals surface area contributed by atoms with Crippen LogP contribution in [0.15, 0.2) is 72.9 Å². The van der Waals surface area contributed by atoms with E-state index in [1.807, 2.05) is 36.4 Å². The van der Waals surface area contributed by atoms with Crippen LogP contribution in [0.2, 0.25) is 0 Å². The van der Waals surface area contributed by atoms with E-state index in [9.17, 15) is 15.8 Å². The number of benzene rings is 2. The fraction of sp³-hybridized carbons (Fsp3) is 0.0333. The average Bonchev–Trinajstić information content (AvgIpc) is 3.63. The Morgan fingerprint density at radius 2 is 1.10 bits per heavy atom. The third kappa shape index (κ3) is 3.23. The maximum Gasteiger partial charge on any atom is 0.162 e. The Morgan fingerprint density at radius 1 is 0.625 bits per heavy atom. The van der Waals surface area contributed by atoms with Gasteiger partial charge in [0, 0.05) is 48.7 Å². The van der Waals surface area contributed by atoms with Crippen LogP contribution in [0.3, 0.4) is 0 Å². The quantitative estimate of drug-likeness (QED) is 0.259. The van der Waals surface area contributed by atoms with Crippen LogP contribution < -0.4 is 0 Å². The van der Waals surface area contributed by atoms with Gasteiger partial charge in [-0.05, 0) is 41.3 Å². The van der Waals surface area contributed by atoms with Gasteiger partial charge in [0.25, 0.3) is 0 Å². The molecule has 3 aromatic heterocycles. The Morgan fingerprint density at radius 3 is 1.57 bits per heavy atom. The largest absolute Gasteiger partial charge is 0.225 e. The van der Waals surface area contributed by atoms with Crippen molar-refractivity contribution >= 4 is 22.5 Å². The highest BCUT2D eigenvalue weighted by Crippen LogP contribution is 2.61. The van der Waals surface area contributed by atoms with Gasteiger partial charge < -0.3 is 0 Å². The van der Waals surface area contributed by atoms with Gasteiger partial charge in [-0.1, -0.05) is 24.3 Å². The smallest absolute Gasteiger partial charge is 0.162 e. The molecule has 10 heteroatoms. The van der Waals surface area contributed by atoms with E-state index in [-0.39, 0.29) is 5.57 Å². The zero-order chi connectivity index (χ0) is 27.4. The lowest BCUT2D eigenvalue weighted by Crippen LogP contribution is -1.92. The van der Waals surface area contributed by atoms with Crippen LogP contribution in [0.1, 0.15) is 27.8 Å². The molecular formula is C30H13N9S. The average molecular weight is 532 g/mol. The van der Waals surface area contributed by atoms with Gasteiger partial charge in [-0.25, -0.2) is 29.9 Å². The van der Waals surface area contributed by atoms with Gasteiger partial charge in [-0.2, -0.15) is 15.8 Å². The van der Waals surface area contributed by atoms with Crippen molar-refractivity contribution in [3.8, 4) is 63.2 Å². The summed E-state index contributed by atoms with van der Waals surface area (Å²) < 4.78 is 0. The number of fused-ring (bicyclic) bond motifs is 7. The summed E-state index contributed by atoms with van der Waals surface area (Å²) >= 11 is 1.50. The number of hydrogen-bond acceptors (Lipinski definition) is 10. The maximum atomic E-state index is 9.94. The number of rotatable bonds is 2. The molecule has 0 saturated heterocycles. The van der Waals surface area contributed by atoms with Crippen LogP contribution in [0.5, 0.6) is 0 Å². The fourth-order valence-corrected chi connectivity index (χ4v) is 6.86. The third-order valence-corrected chi connectivity index (χ3v) is 8.22. The summed E-state index contributed by atoms with van der Waals surface area (Å²) in [5.41, 5.74) is 9.10. The van der Waals surface area contributed by atoms with Crippen molar-refractivity contribution in [2.75, 3.05) is 0 Å². The molecule has 5 aromatic rings. The first-order valence-corrected chi connectivity index (χ1v) is 12.8. The molecule has 0 bridgehead atoms. The summed E-state index contributed by atoms with van der Waals surface area (Å²) in [4.78, 5) is 26.7. The minimum atomic E-state index is 0.0284. The first-order chi connectivity index (χ1) is 19.6. The van der Waals surface area contributed by atoms with Gasteiger partial charge in [-0.3, -0.25) is 0 Å². The molecular weight excluding hydrogens is 518 g/mol. The second-order valence-electron chi connectivity index (χ2n) is 9.04. The molecule has 2 aliphatic carbocycles. The molecule has 0 unspecified atom stereocenters. The van der Waals surface area contributed by atoms with Crippen LogP contribution in [0.25, 0.3) is 56.2 Å². The molecule has 2 aliphatic rings. The minimum Gasteiger partial charge on any atom is -0.225 e. The van der Waals surface area contributed by atoms with Crippen LogP contribution in [-0.4, -0.2) is 29.9 Å². The molecule has 0 spiro atoms. The molecule has 0 fully saturated rings. The first-order valence-electron chi connectivity index (χ1n) is 12.0. The second-order valence-corrected chi connectivity index (χ2v) is 10.1. The Balaban J connectivity index is 1.53. The van der Waals surface area contributed by atoms with Crippen molar-refractivity contribution < 1.29 is 0 Å². The zero-order valence-electron chi connectivity index (χ0n) is 20.7. The first kappa shape index (κ1) is 23.2. The maximum absolute atomic E-state index is 9.94. The zero-order valence-corrected chi connectivity index (χ0v) is 21.5. The Bertz CT molecular complexity index is 2070. The van der Waals surface area contributed by atoms with E-state index in [1.165, 1.54) is 36.6 Å². The number of thiophene rings is 1. The van der Waals surface area contributed by atoms with Crippen molar-refractivity contribution in [3.05, 3.63) is 93.7 Å². The van der Waals surface area contributed by atoms with Gasteiger partial charge in [-0.15, -0.1) is 11.3 Å². The lowest BCUT2D eigenvalue weighted by atomic mass is 9.96. The minimum absolute atomic E-state index is 0.0284. The number of hydrogen-bond donors (Lipinski definition) is 0. The molecule has 0 N–H and O–H groups in total. The van der Waals surface area contributed by atoms with Crippen molar-refractivity contribution in [2.24, 2.45) is 0 Å². The molecule has 0 atom stereocenters. The van der Waals surface area contributed by atoms with Crippen molar-refractivity contribution in [2.45, 2.75) is 6.92 Å². The Kier molecular flexibility index (Phi) is 5.14. The Hall–Kier alpha value is -5.89. The standard InChI is InChI=1S/C30H13N9S/c1-15(8-31)23-21-6-16(29-36-11-34-12-37-29)2-4-19(21)25-26-20-5-3-17(30-38-13-35-14-39-30)7-22(20)24(18(9-32)10-33)28(26)40-27(23)25/h2-7,11-14H,1H3/b23-15+. The highest BCUT2D eigenvalue weighted by atomic mass is 32.1. The normalized spacial score (nSPS) is 13.3. The van der Waals surface area contributed by atoms with E-state index in [4.69, 9.17) is 0 Å². The number of nitriles is 3. The molecule has 184 valence electrons. The van der Waals surface area contributed by atoms with E-state index >= 15 is 0 Å². The van der Waals surface area contributed by atoms with Gasteiger partial charge in [0.2, 0.25) is 0 Å². The monoisotopic (exact) mass is 531 g/mol. The van der Waals surface area contributed by atoms with E-state index in [2.05, 4.69) is 48.1 Å². The summed E-state index contributed by atoms with van der Waals surface area (Å²) in [6.45, 7) is 1.80. The molecule has 0 amide bonds. The highest BCUT2D eigenvalue weighted by molar-refractivity contribution is 7.16. The van der Waals surface area contributed by atoms with Gasteiger partial charge in [0.15, 0.2) is 11.6 Å².